The molecule has 1 saturated heterocycles. The third kappa shape index (κ3) is 4.90. The van der Waals surface area contributed by atoms with Crippen LogP contribution in [0, 0.1) is 11.7 Å². The summed E-state index contributed by atoms with van der Waals surface area (Å²) in [4.78, 5) is 14.7. The van der Waals surface area contributed by atoms with Gasteiger partial charge in [0.05, 0.1) is 6.61 Å². The zero-order valence-corrected chi connectivity index (χ0v) is 15.1. The van der Waals surface area contributed by atoms with Crippen LogP contribution in [0.4, 0.5) is 10.1 Å². The minimum absolute atomic E-state index is 0.00190. The Morgan fingerprint density at radius 2 is 1.96 bits per heavy atom. The van der Waals surface area contributed by atoms with Crippen molar-refractivity contribution >= 4 is 11.6 Å². The van der Waals surface area contributed by atoms with Crippen molar-refractivity contribution in [2.75, 3.05) is 25.5 Å². The fraction of sp³-hybridized carbons (Fsp3) is 0.381. The number of rotatable bonds is 6. The maximum absolute atomic E-state index is 13.8. The second-order valence-electron chi connectivity index (χ2n) is 6.76. The molecule has 1 aliphatic heterocycles. The Labute approximate surface area is 154 Å². The summed E-state index contributed by atoms with van der Waals surface area (Å²) in [6, 6.07) is 14.6. The van der Waals surface area contributed by atoms with Crippen LogP contribution in [-0.2, 0) is 22.7 Å². The maximum Gasteiger partial charge on any atom is 0.227 e. The van der Waals surface area contributed by atoms with E-state index in [1.165, 1.54) is 6.07 Å². The normalized spacial score (nSPS) is 15.8. The lowest BCUT2D eigenvalue weighted by Gasteiger charge is -2.31. The van der Waals surface area contributed by atoms with Crippen molar-refractivity contribution in [1.82, 2.24) is 4.90 Å². The molecule has 0 atom stereocenters. The van der Waals surface area contributed by atoms with Crippen LogP contribution >= 0.6 is 0 Å². The fourth-order valence-electron chi connectivity index (χ4n) is 3.37. The van der Waals surface area contributed by atoms with Gasteiger partial charge < -0.3 is 10.1 Å². The Morgan fingerprint density at radius 3 is 2.69 bits per heavy atom. The highest BCUT2D eigenvalue weighted by molar-refractivity contribution is 5.92. The van der Waals surface area contributed by atoms with Crippen molar-refractivity contribution in [3.63, 3.8) is 0 Å². The fourth-order valence-corrected chi connectivity index (χ4v) is 3.37. The molecule has 0 spiro atoms. The molecule has 1 N–H and O–H groups in total. The van der Waals surface area contributed by atoms with Gasteiger partial charge in [0.25, 0.3) is 0 Å². The first-order valence-corrected chi connectivity index (χ1v) is 9.00. The van der Waals surface area contributed by atoms with Crippen LogP contribution in [0.2, 0.25) is 0 Å². The van der Waals surface area contributed by atoms with Crippen LogP contribution in [0.25, 0.3) is 0 Å². The second kappa shape index (κ2) is 8.92. The molecule has 1 fully saturated rings. The van der Waals surface area contributed by atoms with Gasteiger partial charge in [-0.1, -0.05) is 30.3 Å². The summed E-state index contributed by atoms with van der Waals surface area (Å²) in [5.41, 5.74) is 2.55. The molecule has 2 aromatic rings. The Balaban J connectivity index is 1.50. The van der Waals surface area contributed by atoms with Crippen molar-refractivity contribution in [1.29, 1.82) is 0 Å². The number of amides is 1. The number of halogens is 1. The molecule has 3 rings (SSSR count). The number of nitrogens with one attached hydrogen (secondary N) is 1. The van der Waals surface area contributed by atoms with Gasteiger partial charge in [-0.15, -0.1) is 0 Å². The second-order valence-corrected chi connectivity index (χ2v) is 6.76. The third-order valence-electron chi connectivity index (χ3n) is 4.82. The van der Waals surface area contributed by atoms with Gasteiger partial charge >= 0.3 is 0 Å². The number of hydrogen-bond donors (Lipinski definition) is 1. The number of benzene rings is 2. The summed E-state index contributed by atoms with van der Waals surface area (Å²) in [5.74, 6) is -0.105. The lowest BCUT2D eigenvalue weighted by Crippen LogP contribution is -2.37. The van der Waals surface area contributed by atoms with Crippen LogP contribution in [0.15, 0.2) is 48.5 Å². The monoisotopic (exact) mass is 356 g/mol. The number of ether oxygens (including phenoxy) is 1. The molecule has 2 aromatic carbocycles. The molecule has 138 valence electrons. The summed E-state index contributed by atoms with van der Waals surface area (Å²) in [7, 11) is 1.65. The Morgan fingerprint density at radius 1 is 1.19 bits per heavy atom. The highest BCUT2D eigenvalue weighted by Gasteiger charge is 2.25. The van der Waals surface area contributed by atoms with E-state index >= 15 is 0 Å². The van der Waals surface area contributed by atoms with E-state index in [1.54, 1.807) is 13.2 Å². The average Bonchev–Trinajstić information content (AvgIpc) is 2.65. The molecule has 26 heavy (non-hydrogen) atoms. The van der Waals surface area contributed by atoms with Crippen LogP contribution < -0.4 is 5.32 Å². The topological polar surface area (TPSA) is 41.6 Å². The number of nitrogens with zero attached hydrogens (tertiary/aromatic N) is 1. The van der Waals surface area contributed by atoms with Gasteiger partial charge in [-0.2, -0.15) is 0 Å². The SMILES string of the molecule is COCc1cccc(NC(=O)C2CCN(Cc3ccccc3F)CC2)c1. The standard InChI is InChI=1S/C21H25FN2O2/c1-26-15-16-5-4-7-19(13-16)23-21(25)17-9-11-24(12-10-17)14-18-6-2-3-8-20(18)22/h2-8,13,17H,9-12,14-15H2,1H3,(H,23,25). The van der Waals surface area contributed by atoms with Crippen molar-refractivity contribution < 1.29 is 13.9 Å². The van der Waals surface area contributed by atoms with Crippen molar-refractivity contribution in [3.8, 4) is 0 Å². The largest absolute Gasteiger partial charge is 0.380 e. The molecule has 0 saturated carbocycles. The van der Waals surface area contributed by atoms with Gasteiger partial charge in [-0.25, -0.2) is 4.39 Å². The molecular weight excluding hydrogens is 331 g/mol. The minimum atomic E-state index is -0.164. The zero-order chi connectivity index (χ0) is 18.4. The zero-order valence-electron chi connectivity index (χ0n) is 15.1. The van der Waals surface area contributed by atoms with Gasteiger partial charge in [-0.3, -0.25) is 9.69 Å². The molecule has 0 unspecified atom stereocenters. The molecule has 1 amide bonds. The lowest BCUT2D eigenvalue weighted by molar-refractivity contribution is -0.121. The number of methoxy groups -OCH3 is 1. The first kappa shape index (κ1) is 18.5. The van der Waals surface area contributed by atoms with E-state index in [4.69, 9.17) is 4.74 Å². The molecule has 5 heteroatoms. The smallest absolute Gasteiger partial charge is 0.227 e. The molecule has 1 aliphatic rings. The number of hydrogen-bond acceptors (Lipinski definition) is 3. The lowest BCUT2D eigenvalue weighted by atomic mass is 9.95. The van der Waals surface area contributed by atoms with Crippen LogP contribution in [0.1, 0.15) is 24.0 Å². The Bertz CT molecular complexity index is 742. The van der Waals surface area contributed by atoms with Gasteiger partial charge in [0.2, 0.25) is 5.91 Å². The Kier molecular flexibility index (Phi) is 6.36. The van der Waals surface area contributed by atoms with Crippen molar-refractivity contribution in [2.24, 2.45) is 5.92 Å². The highest BCUT2D eigenvalue weighted by atomic mass is 19.1. The Hall–Kier alpha value is -2.24. The number of carbonyl (C=O) groups is 1. The molecule has 4 nitrogen and oxygen atoms in total. The van der Waals surface area contributed by atoms with E-state index in [2.05, 4.69) is 10.2 Å². The van der Waals surface area contributed by atoms with Gasteiger partial charge in [-0.05, 0) is 49.7 Å². The van der Waals surface area contributed by atoms with Gasteiger partial charge in [0.15, 0.2) is 0 Å². The predicted octanol–water partition coefficient (Wildman–Crippen LogP) is 3.82. The summed E-state index contributed by atoms with van der Waals surface area (Å²) in [6.45, 7) is 2.73. The van der Waals surface area contributed by atoms with E-state index in [1.807, 2.05) is 36.4 Å². The molecule has 0 aromatic heterocycles. The molecule has 1 heterocycles. The van der Waals surface area contributed by atoms with E-state index in [0.29, 0.717) is 18.7 Å². The van der Waals surface area contributed by atoms with E-state index < -0.39 is 0 Å². The summed E-state index contributed by atoms with van der Waals surface area (Å²) in [5, 5.41) is 3.01. The molecule has 0 radical (unpaired) electrons. The predicted molar refractivity (Wildman–Crippen MR) is 100 cm³/mol. The first-order chi connectivity index (χ1) is 12.7. The highest BCUT2D eigenvalue weighted by Crippen LogP contribution is 2.22. The van der Waals surface area contributed by atoms with Gasteiger partial charge in [0, 0.05) is 30.8 Å². The summed E-state index contributed by atoms with van der Waals surface area (Å²) in [6.07, 6.45) is 1.58. The van der Waals surface area contributed by atoms with Crippen LogP contribution in [0.5, 0.6) is 0 Å². The number of anilines is 1. The summed E-state index contributed by atoms with van der Waals surface area (Å²) >= 11 is 0. The average molecular weight is 356 g/mol. The number of carbonyl (C=O) groups excluding carboxylic acids is 1. The van der Waals surface area contributed by atoms with E-state index in [-0.39, 0.29) is 17.6 Å². The van der Waals surface area contributed by atoms with Crippen molar-refractivity contribution in [2.45, 2.75) is 26.0 Å². The molecule has 0 aliphatic carbocycles. The van der Waals surface area contributed by atoms with Crippen LogP contribution in [0.3, 0.4) is 0 Å². The minimum Gasteiger partial charge on any atom is -0.380 e. The molecular formula is C21H25FN2O2. The maximum atomic E-state index is 13.8. The summed E-state index contributed by atoms with van der Waals surface area (Å²) < 4.78 is 18.9. The third-order valence-corrected chi connectivity index (χ3v) is 4.82. The molecule has 0 bridgehead atoms. The number of likely N-dealkylation sites (tertiary alicyclic amines) is 1. The number of piperidine rings is 1. The van der Waals surface area contributed by atoms with Crippen molar-refractivity contribution in [3.05, 3.63) is 65.5 Å². The van der Waals surface area contributed by atoms with Crippen LogP contribution in [-0.4, -0.2) is 31.0 Å². The first-order valence-electron chi connectivity index (χ1n) is 9.00. The van der Waals surface area contributed by atoms with Gasteiger partial charge in [0.1, 0.15) is 5.82 Å². The van der Waals surface area contributed by atoms with E-state index in [0.717, 1.165) is 37.2 Å². The quantitative estimate of drug-likeness (QED) is 0.855. The van der Waals surface area contributed by atoms with E-state index in [9.17, 15) is 9.18 Å².